The summed E-state index contributed by atoms with van der Waals surface area (Å²) < 4.78 is 0. The number of halogens is 1. The molecule has 0 spiro atoms. The third kappa shape index (κ3) is 3.55. The Morgan fingerprint density at radius 2 is 2.08 bits per heavy atom. The second kappa shape index (κ2) is 6.98. The first kappa shape index (κ1) is 16.4. The second-order valence-corrected chi connectivity index (χ2v) is 6.02. The van der Waals surface area contributed by atoms with Gasteiger partial charge in [0.25, 0.3) is 5.91 Å². The lowest BCUT2D eigenvalue weighted by molar-refractivity contribution is -0.385. The van der Waals surface area contributed by atoms with Gasteiger partial charge in [-0.25, -0.2) is 0 Å². The van der Waals surface area contributed by atoms with E-state index in [1.807, 2.05) is 24.3 Å². The molecule has 0 aliphatic carbocycles. The number of aromatic nitrogens is 2. The Labute approximate surface area is 143 Å². The quantitative estimate of drug-likeness (QED) is 0.672. The van der Waals surface area contributed by atoms with Gasteiger partial charge in [0.2, 0.25) is 5.69 Å². The molecule has 1 saturated heterocycles. The molecular weight excluding hydrogens is 334 g/mol. The summed E-state index contributed by atoms with van der Waals surface area (Å²) in [5.41, 5.74) is 0.760. The lowest BCUT2D eigenvalue weighted by atomic mass is 10.2. The molecule has 0 atom stereocenters. The molecule has 0 unspecified atom stereocenters. The SMILES string of the molecule is O=C(c1[nH]ncc1[N+](=O)[O-])N1CCN(Cc2cccc(Cl)c2)CC1. The van der Waals surface area contributed by atoms with Crippen LogP contribution in [0.4, 0.5) is 5.69 Å². The van der Waals surface area contributed by atoms with Gasteiger partial charge in [-0.1, -0.05) is 23.7 Å². The molecule has 8 nitrogen and oxygen atoms in total. The maximum Gasteiger partial charge on any atom is 0.319 e. The van der Waals surface area contributed by atoms with Crippen molar-refractivity contribution in [1.29, 1.82) is 0 Å². The summed E-state index contributed by atoms with van der Waals surface area (Å²) in [5, 5.41) is 17.6. The van der Waals surface area contributed by atoms with Crippen LogP contribution in [0.3, 0.4) is 0 Å². The smallest absolute Gasteiger partial charge is 0.319 e. The standard InChI is InChI=1S/C15H16ClN5O3/c16-12-3-1-2-11(8-12)10-19-4-6-20(7-5-19)15(22)14-13(21(23)24)9-17-18-14/h1-3,8-9H,4-7,10H2,(H,17,18). The van der Waals surface area contributed by atoms with Gasteiger partial charge in [-0.05, 0) is 17.7 Å². The van der Waals surface area contributed by atoms with Gasteiger partial charge in [-0.3, -0.25) is 24.9 Å². The minimum absolute atomic E-state index is 0.0664. The largest absolute Gasteiger partial charge is 0.335 e. The number of hydrogen-bond donors (Lipinski definition) is 1. The van der Waals surface area contributed by atoms with Crippen LogP contribution in [0, 0.1) is 10.1 Å². The van der Waals surface area contributed by atoms with Gasteiger partial charge in [-0.2, -0.15) is 5.10 Å². The molecule has 24 heavy (non-hydrogen) atoms. The van der Waals surface area contributed by atoms with E-state index in [2.05, 4.69) is 15.1 Å². The van der Waals surface area contributed by atoms with Gasteiger partial charge in [0.1, 0.15) is 6.20 Å². The Morgan fingerprint density at radius 1 is 1.33 bits per heavy atom. The fourth-order valence-electron chi connectivity index (χ4n) is 2.74. The fourth-order valence-corrected chi connectivity index (χ4v) is 2.95. The molecular formula is C15H16ClN5O3. The van der Waals surface area contributed by atoms with Crippen LogP contribution in [-0.4, -0.2) is 57.0 Å². The molecule has 1 amide bonds. The molecule has 1 N–H and O–H groups in total. The number of aromatic amines is 1. The summed E-state index contributed by atoms with van der Waals surface area (Å²) >= 11 is 5.99. The predicted molar refractivity (Wildman–Crippen MR) is 87.9 cm³/mol. The Bertz CT molecular complexity index is 755. The fraction of sp³-hybridized carbons (Fsp3) is 0.333. The zero-order chi connectivity index (χ0) is 17.1. The molecule has 1 aromatic heterocycles. The van der Waals surface area contributed by atoms with Crippen molar-refractivity contribution in [3.05, 3.63) is 56.9 Å². The molecule has 2 heterocycles. The molecule has 126 valence electrons. The maximum absolute atomic E-state index is 12.4. The van der Waals surface area contributed by atoms with Crippen molar-refractivity contribution in [2.24, 2.45) is 0 Å². The molecule has 1 aliphatic heterocycles. The Hall–Kier alpha value is -2.45. The number of nitrogens with zero attached hydrogens (tertiary/aromatic N) is 4. The molecule has 1 aliphatic rings. The Morgan fingerprint density at radius 3 is 2.75 bits per heavy atom. The molecule has 0 radical (unpaired) electrons. The van der Waals surface area contributed by atoms with Crippen molar-refractivity contribution < 1.29 is 9.72 Å². The lowest BCUT2D eigenvalue weighted by Gasteiger charge is -2.34. The summed E-state index contributed by atoms with van der Waals surface area (Å²) in [6.45, 7) is 3.16. The van der Waals surface area contributed by atoms with Crippen LogP contribution in [-0.2, 0) is 6.54 Å². The van der Waals surface area contributed by atoms with Gasteiger partial charge in [0.05, 0.1) is 4.92 Å². The second-order valence-electron chi connectivity index (χ2n) is 5.59. The maximum atomic E-state index is 12.4. The molecule has 9 heteroatoms. The number of nitrogens with one attached hydrogen (secondary N) is 1. The minimum Gasteiger partial charge on any atom is -0.335 e. The highest BCUT2D eigenvalue weighted by Gasteiger charge is 2.29. The third-order valence-electron chi connectivity index (χ3n) is 3.98. The van der Waals surface area contributed by atoms with E-state index in [1.54, 1.807) is 4.90 Å². The number of carbonyl (C=O) groups excluding carboxylic acids is 1. The number of piperazine rings is 1. The van der Waals surface area contributed by atoms with Crippen LogP contribution in [0.25, 0.3) is 0 Å². The van der Waals surface area contributed by atoms with E-state index >= 15 is 0 Å². The van der Waals surface area contributed by atoms with Crippen LogP contribution in [0.5, 0.6) is 0 Å². The van der Waals surface area contributed by atoms with Crippen molar-refractivity contribution in [3.8, 4) is 0 Å². The summed E-state index contributed by atoms with van der Waals surface area (Å²) in [5.74, 6) is -0.387. The van der Waals surface area contributed by atoms with E-state index in [1.165, 1.54) is 0 Å². The van der Waals surface area contributed by atoms with Gasteiger partial charge in [0.15, 0.2) is 0 Å². The third-order valence-corrected chi connectivity index (χ3v) is 4.22. The number of nitro groups is 1. The van der Waals surface area contributed by atoms with Crippen molar-refractivity contribution in [2.75, 3.05) is 26.2 Å². The molecule has 3 rings (SSSR count). The van der Waals surface area contributed by atoms with E-state index in [-0.39, 0.29) is 17.3 Å². The highest BCUT2D eigenvalue weighted by Crippen LogP contribution is 2.18. The summed E-state index contributed by atoms with van der Waals surface area (Å²) in [6, 6.07) is 7.68. The number of carbonyl (C=O) groups is 1. The summed E-state index contributed by atoms with van der Waals surface area (Å²) in [6.07, 6.45) is 1.06. The number of amides is 1. The first-order valence-electron chi connectivity index (χ1n) is 7.48. The van der Waals surface area contributed by atoms with Crippen LogP contribution in [0.15, 0.2) is 30.5 Å². The topological polar surface area (TPSA) is 95.4 Å². The molecule has 1 fully saturated rings. The number of rotatable bonds is 4. The van der Waals surface area contributed by atoms with Crippen LogP contribution >= 0.6 is 11.6 Å². The monoisotopic (exact) mass is 349 g/mol. The van der Waals surface area contributed by atoms with Gasteiger partial charge in [-0.15, -0.1) is 0 Å². The average Bonchev–Trinajstić information content (AvgIpc) is 3.05. The molecule has 2 aromatic rings. The van der Waals surface area contributed by atoms with E-state index in [9.17, 15) is 14.9 Å². The molecule has 1 aromatic carbocycles. The zero-order valence-corrected chi connectivity index (χ0v) is 13.6. The number of benzene rings is 1. The van der Waals surface area contributed by atoms with Gasteiger partial charge < -0.3 is 4.90 Å². The van der Waals surface area contributed by atoms with E-state index < -0.39 is 4.92 Å². The van der Waals surface area contributed by atoms with Gasteiger partial charge >= 0.3 is 5.69 Å². The number of hydrogen-bond acceptors (Lipinski definition) is 5. The zero-order valence-electron chi connectivity index (χ0n) is 12.8. The van der Waals surface area contributed by atoms with Gasteiger partial charge in [0, 0.05) is 37.7 Å². The first-order chi connectivity index (χ1) is 11.5. The average molecular weight is 350 g/mol. The van der Waals surface area contributed by atoms with Crippen molar-refractivity contribution in [2.45, 2.75) is 6.54 Å². The van der Waals surface area contributed by atoms with Crippen molar-refractivity contribution in [1.82, 2.24) is 20.0 Å². The highest BCUT2D eigenvalue weighted by molar-refractivity contribution is 6.30. The Kier molecular flexibility index (Phi) is 4.77. The Balaban J connectivity index is 1.59. The first-order valence-corrected chi connectivity index (χ1v) is 7.86. The summed E-state index contributed by atoms with van der Waals surface area (Å²) in [7, 11) is 0. The minimum atomic E-state index is -0.605. The van der Waals surface area contributed by atoms with Crippen LogP contribution < -0.4 is 0 Å². The van der Waals surface area contributed by atoms with Crippen molar-refractivity contribution >= 4 is 23.2 Å². The van der Waals surface area contributed by atoms with E-state index in [0.29, 0.717) is 31.2 Å². The van der Waals surface area contributed by atoms with E-state index in [0.717, 1.165) is 18.3 Å². The molecule has 0 saturated carbocycles. The van der Waals surface area contributed by atoms with E-state index in [4.69, 9.17) is 11.6 Å². The van der Waals surface area contributed by atoms with Crippen LogP contribution in [0.1, 0.15) is 16.1 Å². The van der Waals surface area contributed by atoms with Crippen LogP contribution in [0.2, 0.25) is 5.02 Å². The normalized spacial score (nSPS) is 15.5. The summed E-state index contributed by atoms with van der Waals surface area (Å²) in [4.78, 5) is 26.5. The molecule has 0 bridgehead atoms. The van der Waals surface area contributed by atoms with Crippen molar-refractivity contribution in [3.63, 3.8) is 0 Å². The number of H-pyrrole nitrogens is 1. The predicted octanol–water partition coefficient (Wildman–Crippen LogP) is 1.93. The lowest BCUT2D eigenvalue weighted by Crippen LogP contribution is -2.48. The highest BCUT2D eigenvalue weighted by atomic mass is 35.5.